The van der Waals surface area contributed by atoms with Gasteiger partial charge in [-0.3, -0.25) is 5.32 Å². The van der Waals surface area contributed by atoms with E-state index in [0.717, 1.165) is 9.92 Å². The zero-order valence-corrected chi connectivity index (χ0v) is 13.5. The highest BCUT2D eigenvalue weighted by atomic mass is 35.5. The lowest BCUT2D eigenvalue weighted by atomic mass is 10.3. The minimum atomic E-state index is 0.527. The number of amidine groups is 1. The Morgan fingerprint density at radius 1 is 1.38 bits per heavy atom. The van der Waals surface area contributed by atoms with Crippen LogP contribution in [-0.2, 0) is 0 Å². The normalized spacial score (nSPS) is 11.0. The van der Waals surface area contributed by atoms with Gasteiger partial charge in [0.1, 0.15) is 5.03 Å². The molecule has 0 saturated heterocycles. The van der Waals surface area contributed by atoms with E-state index in [1.54, 1.807) is 12.3 Å². The van der Waals surface area contributed by atoms with Gasteiger partial charge >= 0.3 is 0 Å². The van der Waals surface area contributed by atoms with Gasteiger partial charge in [0.2, 0.25) is 0 Å². The molecule has 1 aromatic carbocycles. The van der Waals surface area contributed by atoms with Crippen molar-refractivity contribution in [2.45, 2.75) is 9.92 Å². The Morgan fingerprint density at radius 3 is 2.86 bits per heavy atom. The number of nitrogens with one attached hydrogen (secondary N) is 1. The molecule has 1 aromatic heterocycles. The Labute approximate surface area is 136 Å². The van der Waals surface area contributed by atoms with Crippen LogP contribution in [0.25, 0.3) is 0 Å². The largest absolute Gasteiger partial charge is 0.271 e. The van der Waals surface area contributed by atoms with Gasteiger partial charge in [-0.25, -0.2) is 9.98 Å². The van der Waals surface area contributed by atoms with E-state index in [0.29, 0.717) is 15.9 Å². The molecule has 2 aromatic rings. The van der Waals surface area contributed by atoms with Crippen LogP contribution in [0.15, 0.2) is 57.5 Å². The van der Waals surface area contributed by atoms with Crippen molar-refractivity contribution in [1.29, 1.82) is 5.26 Å². The van der Waals surface area contributed by atoms with Gasteiger partial charge in [0, 0.05) is 11.1 Å². The van der Waals surface area contributed by atoms with Crippen molar-refractivity contribution < 1.29 is 0 Å². The Morgan fingerprint density at radius 2 is 2.24 bits per heavy atom. The lowest BCUT2D eigenvalue weighted by Crippen LogP contribution is -2.12. The summed E-state index contributed by atoms with van der Waals surface area (Å²) in [5, 5.41) is 13.1. The van der Waals surface area contributed by atoms with E-state index >= 15 is 0 Å². The fourth-order valence-corrected chi connectivity index (χ4v) is 2.86. The number of thioether (sulfide) groups is 1. The zero-order chi connectivity index (χ0) is 15.1. The number of pyridine rings is 1. The Kier molecular flexibility index (Phi) is 5.93. The fraction of sp³-hybridized carbons (Fsp3) is 0.0714. The number of benzene rings is 1. The molecule has 106 valence electrons. The van der Waals surface area contributed by atoms with Crippen LogP contribution < -0.4 is 5.32 Å². The summed E-state index contributed by atoms with van der Waals surface area (Å²) in [4.78, 5) is 9.47. The van der Waals surface area contributed by atoms with Gasteiger partial charge in [-0.1, -0.05) is 41.2 Å². The molecule has 2 rings (SSSR count). The van der Waals surface area contributed by atoms with Crippen LogP contribution in [-0.4, -0.2) is 16.4 Å². The molecule has 0 aliphatic rings. The van der Waals surface area contributed by atoms with Crippen LogP contribution >= 0.6 is 35.1 Å². The molecule has 0 atom stereocenters. The van der Waals surface area contributed by atoms with Crippen molar-refractivity contribution in [3.63, 3.8) is 0 Å². The maximum absolute atomic E-state index is 8.62. The van der Waals surface area contributed by atoms with Crippen LogP contribution in [0.2, 0.25) is 5.02 Å². The van der Waals surface area contributed by atoms with E-state index < -0.39 is 0 Å². The summed E-state index contributed by atoms with van der Waals surface area (Å²) in [5.74, 6) is 0. The van der Waals surface area contributed by atoms with Crippen LogP contribution in [0.1, 0.15) is 0 Å². The number of hydrogen-bond acceptors (Lipinski definition) is 5. The maximum atomic E-state index is 8.62. The summed E-state index contributed by atoms with van der Waals surface area (Å²) < 4.78 is 0. The minimum Gasteiger partial charge on any atom is -0.271 e. The highest BCUT2D eigenvalue weighted by molar-refractivity contribution is 8.13. The third-order valence-corrected chi connectivity index (χ3v) is 4.39. The first-order valence-corrected chi connectivity index (χ1v) is 8.31. The highest BCUT2D eigenvalue weighted by Crippen LogP contribution is 2.34. The summed E-state index contributed by atoms with van der Waals surface area (Å²) in [6, 6.07) is 11.2. The number of nitriles is 1. The minimum absolute atomic E-state index is 0.527. The molecular weight excluding hydrogens is 324 g/mol. The predicted octanol–water partition coefficient (Wildman–Crippen LogP) is 4.31. The lowest BCUT2D eigenvalue weighted by molar-refractivity contribution is 1.13. The highest BCUT2D eigenvalue weighted by Gasteiger charge is 2.05. The van der Waals surface area contributed by atoms with E-state index in [9.17, 15) is 0 Å². The van der Waals surface area contributed by atoms with Crippen molar-refractivity contribution in [3.8, 4) is 6.19 Å². The number of hydrogen-bond donors (Lipinski definition) is 1. The second-order valence-corrected chi connectivity index (χ2v) is 6.01. The first-order chi connectivity index (χ1) is 10.2. The van der Waals surface area contributed by atoms with E-state index in [-0.39, 0.29) is 0 Å². The number of aliphatic imine (C=N–C) groups is 1. The molecule has 0 fully saturated rings. The second kappa shape index (κ2) is 7.93. The standard InChI is InChI=1S/C14H11ClN4S2/c1-20-14(18-9-16)19-10-5-6-12(11(15)8-10)21-13-4-2-3-7-17-13/h2-8H,1H3,(H,18,19). The van der Waals surface area contributed by atoms with Crippen LogP contribution in [0.3, 0.4) is 0 Å². The van der Waals surface area contributed by atoms with E-state index in [1.165, 1.54) is 23.5 Å². The molecular formula is C14H11ClN4S2. The Bertz CT molecular complexity index is 683. The fourth-order valence-electron chi connectivity index (χ4n) is 1.45. The summed E-state index contributed by atoms with van der Waals surface area (Å²) in [6.07, 6.45) is 5.44. The monoisotopic (exact) mass is 334 g/mol. The topological polar surface area (TPSA) is 61.1 Å². The van der Waals surface area contributed by atoms with Crippen molar-refractivity contribution in [1.82, 2.24) is 10.3 Å². The van der Waals surface area contributed by atoms with Crippen LogP contribution in [0.5, 0.6) is 0 Å². The lowest BCUT2D eigenvalue weighted by Gasteiger charge is -2.05. The maximum Gasteiger partial charge on any atom is 0.183 e. The summed E-state index contributed by atoms with van der Waals surface area (Å²) >= 11 is 9.13. The third kappa shape index (κ3) is 4.67. The number of aromatic nitrogens is 1. The molecule has 1 N–H and O–H groups in total. The van der Waals surface area contributed by atoms with Crippen molar-refractivity contribution in [3.05, 3.63) is 47.6 Å². The quantitative estimate of drug-likeness (QED) is 0.392. The average Bonchev–Trinajstić information content (AvgIpc) is 2.50. The van der Waals surface area contributed by atoms with Gasteiger partial charge in [-0.15, -0.1) is 0 Å². The molecule has 0 radical (unpaired) electrons. The third-order valence-electron chi connectivity index (χ3n) is 2.35. The molecule has 0 bridgehead atoms. The van der Waals surface area contributed by atoms with Crippen molar-refractivity contribution >= 4 is 46.0 Å². The molecule has 0 aliphatic heterocycles. The number of nitrogens with zero attached hydrogens (tertiary/aromatic N) is 3. The molecule has 21 heavy (non-hydrogen) atoms. The van der Waals surface area contributed by atoms with Gasteiger partial charge in [-0.05, 0) is 36.6 Å². The molecule has 0 spiro atoms. The number of rotatable bonds is 3. The summed E-state index contributed by atoms with van der Waals surface area (Å²) in [5.41, 5.74) is 0.692. The first-order valence-electron chi connectivity index (χ1n) is 5.89. The van der Waals surface area contributed by atoms with Gasteiger partial charge in [0.25, 0.3) is 0 Å². The zero-order valence-electron chi connectivity index (χ0n) is 11.1. The molecule has 4 nitrogen and oxygen atoms in total. The molecule has 0 amide bonds. The van der Waals surface area contributed by atoms with Crippen LogP contribution in [0.4, 0.5) is 5.69 Å². The van der Waals surface area contributed by atoms with Crippen molar-refractivity contribution in [2.24, 2.45) is 4.99 Å². The van der Waals surface area contributed by atoms with Gasteiger partial charge < -0.3 is 0 Å². The van der Waals surface area contributed by atoms with Crippen molar-refractivity contribution in [2.75, 3.05) is 6.26 Å². The number of halogens is 1. The van der Waals surface area contributed by atoms with E-state index in [2.05, 4.69) is 15.3 Å². The van der Waals surface area contributed by atoms with E-state index in [4.69, 9.17) is 16.9 Å². The molecule has 0 saturated carbocycles. The molecule has 1 heterocycles. The smallest absolute Gasteiger partial charge is 0.183 e. The first kappa shape index (κ1) is 15.7. The van der Waals surface area contributed by atoms with Gasteiger partial charge in [-0.2, -0.15) is 5.26 Å². The molecule has 7 heteroatoms. The predicted molar refractivity (Wildman–Crippen MR) is 89.2 cm³/mol. The molecule has 0 aliphatic carbocycles. The van der Waals surface area contributed by atoms with Gasteiger partial charge in [0.05, 0.1) is 10.7 Å². The summed E-state index contributed by atoms with van der Waals surface area (Å²) in [7, 11) is 0. The Balaban J connectivity index is 2.20. The van der Waals surface area contributed by atoms with E-state index in [1.807, 2.05) is 42.8 Å². The second-order valence-electron chi connectivity index (χ2n) is 3.74. The SMILES string of the molecule is CSC(=Nc1ccc(Sc2ccccn2)c(Cl)c1)NC#N. The average molecular weight is 335 g/mol. The Hall–Kier alpha value is -1.68. The van der Waals surface area contributed by atoms with Crippen LogP contribution in [0, 0.1) is 11.5 Å². The summed E-state index contributed by atoms with van der Waals surface area (Å²) in [6.45, 7) is 0. The van der Waals surface area contributed by atoms with Gasteiger partial charge in [0.15, 0.2) is 11.4 Å². The molecule has 0 unspecified atom stereocenters.